The normalized spacial score (nSPS) is 16.1. The number of rotatable bonds is 4. The molecule has 1 saturated heterocycles. The summed E-state index contributed by atoms with van der Waals surface area (Å²) < 4.78 is 86.7. The monoisotopic (exact) mass is 438 g/mol. The molecule has 0 spiro atoms. The number of benzene rings is 2. The van der Waals surface area contributed by atoms with E-state index in [2.05, 4.69) is 0 Å². The Morgan fingerprint density at radius 1 is 0.966 bits per heavy atom. The van der Waals surface area contributed by atoms with Gasteiger partial charge >= 0.3 is 12.4 Å². The molecule has 29 heavy (non-hydrogen) atoms. The van der Waals surface area contributed by atoms with Crippen molar-refractivity contribution in [3.63, 3.8) is 0 Å². The SMILES string of the molecule is FC(F)(F)COc1c(Cl)cc(C2CCOCC2)cc1-c1ccc(C(F)(F)F)cc1. The fourth-order valence-electron chi connectivity index (χ4n) is 3.23. The molecule has 0 unspecified atom stereocenters. The van der Waals surface area contributed by atoms with E-state index >= 15 is 0 Å². The molecular weight excluding hydrogens is 422 g/mol. The van der Waals surface area contributed by atoms with E-state index in [1.165, 1.54) is 12.1 Å². The number of alkyl halides is 6. The highest BCUT2D eigenvalue weighted by atomic mass is 35.5. The molecule has 0 bridgehead atoms. The third-order valence-corrected chi connectivity index (χ3v) is 4.94. The highest BCUT2D eigenvalue weighted by molar-refractivity contribution is 6.32. The molecule has 1 fully saturated rings. The van der Waals surface area contributed by atoms with E-state index in [9.17, 15) is 26.3 Å². The second-order valence-electron chi connectivity index (χ2n) is 6.75. The Balaban J connectivity index is 2.03. The molecule has 2 aromatic carbocycles. The lowest BCUT2D eigenvalue weighted by Crippen LogP contribution is -2.20. The van der Waals surface area contributed by atoms with Gasteiger partial charge in [-0.05, 0) is 54.2 Å². The Morgan fingerprint density at radius 3 is 2.14 bits per heavy atom. The van der Waals surface area contributed by atoms with E-state index in [1.54, 1.807) is 12.1 Å². The predicted molar refractivity (Wildman–Crippen MR) is 96.2 cm³/mol. The van der Waals surface area contributed by atoms with Gasteiger partial charge in [-0.3, -0.25) is 0 Å². The molecule has 2 nitrogen and oxygen atoms in total. The summed E-state index contributed by atoms with van der Waals surface area (Å²) in [5.41, 5.74) is 0.432. The first-order chi connectivity index (χ1) is 13.5. The summed E-state index contributed by atoms with van der Waals surface area (Å²) >= 11 is 6.23. The molecule has 158 valence electrons. The molecule has 0 aromatic heterocycles. The van der Waals surface area contributed by atoms with Gasteiger partial charge in [-0.25, -0.2) is 0 Å². The first-order valence-electron chi connectivity index (χ1n) is 8.83. The van der Waals surface area contributed by atoms with Crippen LogP contribution in [0.3, 0.4) is 0 Å². The van der Waals surface area contributed by atoms with E-state index in [-0.39, 0.29) is 27.8 Å². The van der Waals surface area contributed by atoms with Crippen molar-refractivity contribution in [1.82, 2.24) is 0 Å². The van der Waals surface area contributed by atoms with Gasteiger partial charge in [0.15, 0.2) is 6.61 Å². The predicted octanol–water partition coefficient (Wildman–Crippen LogP) is 6.86. The Bertz CT molecular complexity index is 840. The number of hydrogen-bond acceptors (Lipinski definition) is 2. The largest absolute Gasteiger partial charge is 0.482 e. The van der Waals surface area contributed by atoms with Crippen molar-refractivity contribution in [3.8, 4) is 16.9 Å². The smallest absolute Gasteiger partial charge is 0.422 e. The van der Waals surface area contributed by atoms with Crippen molar-refractivity contribution in [2.75, 3.05) is 19.8 Å². The Morgan fingerprint density at radius 2 is 1.59 bits per heavy atom. The summed E-state index contributed by atoms with van der Waals surface area (Å²) in [5, 5.41) is -0.0202. The molecule has 0 aliphatic carbocycles. The van der Waals surface area contributed by atoms with Gasteiger partial charge in [0.1, 0.15) is 5.75 Å². The highest BCUT2D eigenvalue weighted by Gasteiger charge is 2.31. The summed E-state index contributed by atoms with van der Waals surface area (Å²) in [7, 11) is 0. The lowest BCUT2D eigenvalue weighted by molar-refractivity contribution is -0.153. The van der Waals surface area contributed by atoms with Crippen LogP contribution in [0.2, 0.25) is 5.02 Å². The number of hydrogen-bond donors (Lipinski definition) is 0. The van der Waals surface area contributed by atoms with Crippen molar-refractivity contribution < 1.29 is 35.8 Å². The van der Waals surface area contributed by atoms with Gasteiger partial charge in [0.2, 0.25) is 0 Å². The van der Waals surface area contributed by atoms with E-state index in [4.69, 9.17) is 21.1 Å². The van der Waals surface area contributed by atoms with Crippen molar-refractivity contribution >= 4 is 11.6 Å². The summed E-state index contributed by atoms with van der Waals surface area (Å²) in [4.78, 5) is 0. The summed E-state index contributed by atoms with van der Waals surface area (Å²) in [5.74, 6) is -0.120. The molecular formula is C20H17ClF6O2. The molecule has 0 saturated carbocycles. The summed E-state index contributed by atoms with van der Waals surface area (Å²) in [6.07, 6.45) is -7.67. The maximum absolute atomic E-state index is 12.8. The first-order valence-corrected chi connectivity index (χ1v) is 9.21. The van der Waals surface area contributed by atoms with Crippen LogP contribution in [0.4, 0.5) is 26.3 Å². The molecule has 0 amide bonds. The van der Waals surface area contributed by atoms with Crippen LogP contribution in [0.25, 0.3) is 11.1 Å². The highest BCUT2D eigenvalue weighted by Crippen LogP contribution is 2.42. The lowest BCUT2D eigenvalue weighted by Gasteiger charge is -2.24. The minimum Gasteiger partial charge on any atom is -0.482 e. The van der Waals surface area contributed by atoms with E-state index in [0.717, 1.165) is 17.7 Å². The number of ether oxygens (including phenoxy) is 2. The minimum atomic E-state index is -4.58. The molecule has 1 aliphatic rings. The third-order valence-electron chi connectivity index (χ3n) is 4.66. The third kappa shape index (κ3) is 5.57. The topological polar surface area (TPSA) is 18.5 Å². The molecule has 1 aliphatic heterocycles. The van der Waals surface area contributed by atoms with Gasteiger partial charge in [0, 0.05) is 18.8 Å². The molecule has 3 rings (SSSR count). The Labute approximate surface area is 168 Å². The Hall–Kier alpha value is -1.93. The van der Waals surface area contributed by atoms with Crippen molar-refractivity contribution in [1.29, 1.82) is 0 Å². The van der Waals surface area contributed by atoms with Crippen LogP contribution in [-0.4, -0.2) is 26.0 Å². The van der Waals surface area contributed by atoms with Crippen LogP contribution in [0, 0.1) is 0 Å². The van der Waals surface area contributed by atoms with E-state index < -0.39 is 24.5 Å². The van der Waals surface area contributed by atoms with Crippen LogP contribution in [-0.2, 0) is 10.9 Å². The van der Waals surface area contributed by atoms with E-state index in [0.29, 0.717) is 26.1 Å². The van der Waals surface area contributed by atoms with Crippen LogP contribution in [0.15, 0.2) is 36.4 Å². The summed E-state index contributed by atoms with van der Waals surface area (Å²) in [6, 6.07) is 7.33. The Kier molecular flexibility index (Phi) is 6.33. The fourth-order valence-corrected chi connectivity index (χ4v) is 3.52. The zero-order valence-electron chi connectivity index (χ0n) is 15.0. The molecule has 0 N–H and O–H groups in total. The molecule has 9 heteroatoms. The quantitative estimate of drug-likeness (QED) is 0.485. The van der Waals surface area contributed by atoms with Crippen molar-refractivity contribution in [3.05, 3.63) is 52.5 Å². The first kappa shape index (κ1) is 21.8. The van der Waals surface area contributed by atoms with Gasteiger partial charge in [-0.1, -0.05) is 23.7 Å². The number of halogens is 7. The van der Waals surface area contributed by atoms with Crippen LogP contribution in [0.5, 0.6) is 5.75 Å². The maximum Gasteiger partial charge on any atom is 0.422 e. The van der Waals surface area contributed by atoms with E-state index in [1.807, 2.05) is 0 Å². The zero-order chi connectivity index (χ0) is 21.2. The van der Waals surface area contributed by atoms with Gasteiger partial charge < -0.3 is 9.47 Å². The van der Waals surface area contributed by atoms with Gasteiger partial charge in [-0.15, -0.1) is 0 Å². The van der Waals surface area contributed by atoms with Crippen molar-refractivity contribution in [2.24, 2.45) is 0 Å². The van der Waals surface area contributed by atoms with Crippen molar-refractivity contribution in [2.45, 2.75) is 31.1 Å². The lowest BCUT2D eigenvalue weighted by atomic mass is 9.89. The molecule has 0 atom stereocenters. The standard InChI is InChI=1S/C20H17ClF6O2/c21-17-10-14(12-5-7-28-8-6-12)9-16(18(17)29-11-19(22,23)24)13-1-3-15(4-2-13)20(25,26)27/h1-4,9-10,12H,5-8,11H2. The second-order valence-corrected chi connectivity index (χ2v) is 7.15. The zero-order valence-corrected chi connectivity index (χ0v) is 15.8. The average Bonchev–Trinajstić information content (AvgIpc) is 2.66. The summed E-state index contributed by atoms with van der Waals surface area (Å²) in [6.45, 7) is -0.467. The van der Waals surface area contributed by atoms with Gasteiger partial charge in [-0.2, -0.15) is 26.3 Å². The van der Waals surface area contributed by atoms with Gasteiger partial charge in [0.25, 0.3) is 0 Å². The molecule has 2 aromatic rings. The van der Waals surface area contributed by atoms with Crippen LogP contribution in [0.1, 0.15) is 29.9 Å². The van der Waals surface area contributed by atoms with Crippen LogP contribution < -0.4 is 4.74 Å². The minimum absolute atomic E-state index is 0.0202. The fraction of sp³-hybridized carbons (Fsp3) is 0.400. The molecule has 1 heterocycles. The molecule has 0 radical (unpaired) electrons. The average molecular weight is 439 g/mol. The maximum atomic E-state index is 12.8. The van der Waals surface area contributed by atoms with Gasteiger partial charge in [0.05, 0.1) is 10.6 Å². The van der Waals surface area contributed by atoms with Crippen LogP contribution >= 0.6 is 11.6 Å². The second kappa shape index (κ2) is 8.44.